The van der Waals surface area contributed by atoms with Gasteiger partial charge in [0.25, 0.3) is 0 Å². The Hall–Kier alpha value is -1.70. The number of hydrogen-bond donors (Lipinski definition) is 0. The molecule has 1 atom stereocenters. The summed E-state index contributed by atoms with van der Waals surface area (Å²) in [6.07, 6.45) is 2.25. The molecule has 3 aliphatic rings. The molecule has 2 aromatic rings. The normalized spacial score (nSPS) is 24.9. The van der Waals surface area contributed by atoms with Crippen molar-refractivity contribution in [1.29, 1.82) is 0 Å². The first-order valence-electron chi connectivity index (χ1n) is 12.2. The zero-order chi connectivity index (χ0) is 23.7. The van der Waals surface area contributed by atoms with Crippen LogP contribution in [0.2, 0.25) is 10.0 Å². The van der Waals surface area contributed by atoms with Crippen molar-refractivity contribution >= 4 is 34.9 Å². The Bertz CT molecular complexity index is 1040. The lowest BCUT2D eigenvalue weighted by Crippen LogP contribution is -2.62. The van der Waals surface area contributed by atoms with Gasteiger partial charge in [-0.25, -0.2) is 4.98 Å². The number of ether oxygens (including phenoxy) is 1. The van der Waals surface area contributed by atoms with Crippen LogP contribution in [0.3, 0.4) is 0 Å². The molecule has 1 amide bonds. The van der Waals surface area contributed by atoms with Crippen LogP contribution in [0.1, 0.15) is 30.5 Å². The Labute approximate surface area is 211 Å². The Morgan fingerprint density at radius 3 is 2.65 bits per heavy atom. The van der Waals surface area contributed by atoms with Crippen LogP contribution >= 0.6 is 23.2 Å². The molecule has 0 aliphatic carbocycles. The summed E-state index contributed by atoms with van der Waals surface area (Å²) < 4.78 is 5.50. The molecule has 3 fully saturated rings. The van der Waals surface area contributed by atoms with Gasteiger partial charge in [0, 0.05) is 56.3 Å². The number of morpholine rings is 1. The third kappa shape index (κ3) is 4.98. The predicted octanol–water partition coefficient (Wildman–Crippen LogP) is 4.17. The lowest BCUT2D eigenvalue weighted by molar-refractivity contribution is -0.120. The Kier molecular flexibility index (Phi) is 7.14. The molecular weight excluding hydrogens is 471 g/mol. The van der Waals surface area contributed by atoms with Gasteiger partial charge in [0.1, 0.15) is 5.82 Å². The maximum Gasteiger partial charge on any atom is 0.228 e. The summed E-state index contributed by atoms with van der Waals surface area (Å²) in [5.41, 5.74) is 1.86. The van der Waals surface area contributed by atoms with Crippen molar-refractivity contribution in [2.24, 2.45) is 0 Å². The van der Waals surface area contributed by atoms with Crippen LogP contribution in [-0.2, 0) is 14.9 Å². The summed E-state index contributed by atoms with van der Waals surface area (Å²) in [4.78, 5) is 24.6. The molecule has 0 spiro atoms. The van der Waals surface area contributed by atoms with Gasteiger partial charge < -0.3 is 9.64 Å². The number of benzene rings is 1. The molecule has 3 aliphatic heterocycles. The number of amides is 1. The number of anilines is 1. The fourth-order valence-corrected chi connectivity index (χ4v) is 5.82. The molecule has 0 saturated carbocycles. The molecule has 0 radical (unpaired) electrons. The Morgan fingerprint density at radius 2 is 1.91 bits per heavy atom. The topological polar surface area (TPSA) is 48.9 Å². The second-order valence-corrected chi connectivity index (χ2v) is 10.7. The smallest absolute Gasteiger partial charge is 0.228 e. The first-order valence-corrected chi connectivity index (χ1v) is 12.9. The number of carbonyl (C=O) groups is 1. The van der Waals surface area contributed by atoms with Gasteiger partial charge in [0.15, 0.2) is 0 Å². The third-order valence-corrected chi connectivity index (χ3v) is 8.41. The number of carbonyl (C=O) groups excluding carboxylic acids is 1. The van der Waals surface area contributed by atoms with E-state index in [1.54, 1.807) is 0 Å². The summed E-state index contributed by atoms with van der Waals surface area (Å²) in [6, 6.07) is 12.4. The van der Waals surface area contributed by atoms with Gasteiger partial charge in [-0.1, -0.05) is 35.3 Å². The number of halogens is 2. The molecule has 0 bridgehead atoms. The van der Waals surface area contributed by atoms with Crippen molar-refractivity contribution in [3.8, 4) is 0 Å². The highest BCUT2D eigenvalue weighted by Gasteiger charge is 2.42. The van der Waals surface area contributed by atoms with Crippen LogP contribution in [-0.4, -0.2) is 79.2 Å². The fourth-order valence-electron chi connectivity index (χ4n) is 5.52. The van der Waals surface area contributed by atoms with E-state index in [0.29, 0.717) is 29.1 Å². The largest absolute Gasteiger partial charge is 0.379 e. The van der Waals surface area contributed by atoms with Crippen LogP contribution in [0.15, 0.2) is 36.4 Å². The van der Waals surface area contributed by atoms with Crippen LogP contribution in [0.4, 0.5) is 5.82 Å². The van der Waals surface area contributed by atoms with Gasteiger partial charge in [0.05, 0.1) is 23.3 Å². The summed E-state index contributed by atoms with van der Waals surface area (Å²) in [7, 11) is 0. The van der Waals surface area contributed by atoms with Crippen molar-refractivity contribution < 1.29 is 9.53 Å². The Balaban J connectivity index is 1.35. The molecule has 5 rings (SSSR count). The minimum absolute atomic E-state index is 0.130. The summed E-state index contributed by atoms with van der Waals surface area (Å²) in [5.74, 6) is 0.857. The first-order chi connectivity index (χ1) is 16.4. The van der Waals surface area contributed by atoms with Gasteiger partial charge in [-0.15, -0.1) is 0 Å². The maximum atomic E-state index is 13.0. The molecule has 3 saturated heterocycles. The van der Waals surface area contributed by atoms with E-state index >= 15 is 0 Å². The van der Waals surface area contributed by atoms with Crippen LogP contribution < -0.4 is 4.90 Å². The second-order valence-electron chi connectivity index (χ2n) is 9.84. The minimum atomic E-state index is -0.197. The van der Waals surface area contributed by atoms with Crippen LogP contribution in [0, 0.1) is 6.92 Å². The minimum Gasteiger partial charge on any atom is -0.379 e. The SMILES string of the molecule is Cc1cccc(N2CC(CCN3CC(N4CCOCC4)C3)(c3ccc(Cl)c(Cl)c3)CCC2=O)n1. The van der Waals surface area contributed by atoms with E-state index < -0.39 is 0 Å². The maximum absolute atomic E-state index is 13.0. The number of pyridine rings is 1. The van der Waals surface area contributed by atoms with Crippen LogP contribution in [0.25, 0.3) is 0 Å². The zero-order valence-electron chi connectivity index (χ0n) is 19.7. The molecule has 8 heteroatoms. The van der Waals surface area contributed by atoms with E-state index in [0.717, 1.165) is 75.9 Å². The standard InChI is InChI=1S/C26H32Cl2N4O2/c1-19-3-2-4-24(29-19)32-18-26(8-7-25(32)33,20-5-6-22(27)23(28)15-20)9-10-30-16-21(17-30)31-11-13-34-14-12-31/h2-6,15,21H,7-14,16-18H2,1H3. The quantitative estimate of drug-likeness (QED) is 0.593. The van der Waals surface area contributed by atoms with Crippen molar-refractivity contribution in [3.63, 3.8) is 0 Å². The number of likely N-dealkylation sites (tertiary alicyclic amines) is 1. The van der Waals surface area contributed by atoms with E-state index in [1.807, 2.05) is 42.2 Å². The molecule has 1 aromatic carbocycles. The average molecular weight is 503 g/mol. The lowest BCUT2D eigenvalue weighted by Gasteiger charge is -2.49. The fraction of sp³-hybridized carbons (Fsp3) is 0.538. The number of hydrogen-bond acceptors (Lipinski definition) is 5. The van der Waals surface area contributed by atoms with Crippen LogP contribution in [0.5, 0.6) is 0 Å². The summed E-state index contributed by atoms with van der Waals surface area (Å²) in [5, 5.41) is 1.12. The van der Waals surface area contributed by atoms with Gasteiger partial charge >= 0.3 is 0 Å². The van der Waals surface area contributed by atoms with E-state index in [2.05, 4.69) is 20.9 Å². The third-order valence-electron chi connectivity index (χ3n) is 7.67. The van der Waals surface area contributed by atoms with Gasteiger partial charge in [-0.05, 0) is 56.1 Å². The van der Waals surface area contributed by atoms with Gasteiger partial charge in [-0.2, -0.15) is 0 Å². The van der Waals surface area contributed by atoms with Crippen molar-refractivity contribution in [3.05, 3.63) is 57.7 Å². The number of aromatic nitrogens is 1. The molecule has 1 unspecified atom stereocenters. The lowest BCUT2D eigenvalue weighted by atomic mass is 9.71. The molecule has 0 N–H and O–H groups in total. The number of piperidine rings is 1. The summed E-state index contributed by atoms with van der Waals surface area (Å²) in [6.45, 7) is 9.49. The highest BCUT2D eigenvalue weighted by Crippen LogP contribution is 2.41. The van der Waals surface area contributed by atoms with Gasteiger partial charge in [-0.3, -0.25) is 14.6 Å². The molecule has 6 nitrogen and oxygen atoms in total. The van der Waals surface area contributed by atoms with E-state index in [9.17, 15) is 4.79 Å². The highest BCUT2D eigenvalue weighted by molar-refractivity contribution is 6.42. The van der Waals surface area contributed by atoms with E-state index in [4.69, 9.17) is 27.9 Å². The number of rotatable bonds is 6. The predicted molar refractivity (Wildman–Crippen MR) is 136 cm³/mol. The zero-order valence-corrected chi connectivity index (χ0v) is 21.2. The molecule has 34 heavy (non-hydrogen) atoms. The molecular formula is C26H32Cl2N4O2. The summed E-state index contributed by atoms with van der Waals surface area (Å²) >= 11 is 12.7. The average Bonchev–Trinajstić information content (AvgIpc) is 2.81. The number of nitrogens with zero attached hydrogens (tertiary/aromatic N) is 4. The Morgan fingerprint density at radius 1 is 1.12 bits per heavy atom. The number of aryl methyl sites for hydroxylation is 1. The molecule has 1 aromatic heterocycles. The monoisotopic (exact) mass is 502 g/mol. The van der Waals surface area contributed by atoms with Crippen molar-refractivity contribution in [2.75, 3.05) is 57.4 Å². The molecule has 182 valence electrons. The molecule has 4 heterocycles. The van der Waals surface area contributed by atoms with Crippen molar-refractivity contribution in [2.45, 2.75) is 37.6 Å². The van der Waals surface area contributed by atoms with E-state index in [1.165, 1.54) is 0 Å². The van der Waals surface area contributed by atoms with E-state index in [-0.39, 0.29) is 11.3 Å². The highest BCUT2D eigenvalue weighted by atomic mass is 35.5. The van der Waals surface area contributed by atoms with Gasteiger partial charge in [0.2, 0.25) is 5.91 Å². The first kappa shape index (κ1) is 24.0. The van der Waals surface area contributed by atoms with Crippen molar-refractivity contribution in [1.82, 2.24) is 14.8 Å². The second kappa shape index (κ2) is 10.1.